The molecule has 0 atom stereocenters. The van der Waals surface area contributed by atoms with E-state index in [1.165, 1.54) is 19.3 Å². The van der Waals surface area contributed by atoms with Crippen LogP contribution < -0.4 is 10.6 Å². The molecule has 0 aromatic carbocycles. The molecule has 1 saturated carbocycles. The SMILES string of the molecule is CC(C)NC(=O)CNC(=O)CC1CCCCC1. The lowest BCUT2D eigenvalue weighted by molar-refractivity contribution is -0.127. The van der Waals surface area contributed by atoms with Crippen molar-refractivity contribution in [1.82, 2.24) is 10.6 Å². The van der Waals surface area contributed by atoms with Crippen molar-refractivity contribution in [3.05, 3.63) is 0 Å². The Morgan fingerprint density at radius 3 is 2.35 bits per heavy atom. The van der Waals surface area contributed by atoms with Gasteiger partial charge in [-0.2, -0.15) is 0 Å². The second-order valence-corrected chi connectivity index (χ2v) is 5.21. The van der Waals surface area contributed by atoms with Gasteiger partial charge in [-0.25, -0.2) is 0 Å². The molecule has 0 heterocycles. The van der Waals surface area contributed by atoms with Gasteiger partial charge in [0.1, 0.15) is 0 Å². The number of hydrogen-bond acceptors (Lipinski definition) is 2. The monoisotopic (exact) mass is 240 g/mol. The van der Waals surface area contributed by atoms with Crippen LogP contribution in [0.4, 0.5) is 0 Å². The van der Waals surface area contributed by atoms with Crippen LogP contribution in [0, 0.1) is 5.92 Å². The van der Waals surface area contributed by atoms with Crippen LogP contribution in [0.5, 0.6) is 0 Å². The fraction of sp³-hybridized carbons (Fsp3) is 0.846. The van der Waals surface area contributed by atoms with Crippen molar-refractivity contribution < 1.29 is 9.59 Å². The highest BCUT2D eigenvalue weighted by Gasteiger charge is 2.17. The van der Waals surface area contributed by atoms with Crippen molar-refractivity contribution in [2.24, 2.45) is 5.92 Å². The van der Waals surface area contributed by atoms with E-state index in [0.717, 1.165) is 12.8 Å². The largest absolute Gasteiger partial charge is 0.352 e. The van der Waals surface area contributed by atoms with Crippen molar-refractivity contribution in [3.63, 3.8) is 0 Å². The minimum atomic E-state index is -0.114. The smallest absolute Gasteiger partial charge is 0.239 e. The van der Waals surface area contributed by atoms with Crippen LogP contribution in [-0.4, -0.2) is 24.4 Å². The number of hydrogen-bond donors (Lipinski definition) is 2. The number of carbonyl (C=O) groups is 2. The number of rotatable bonds is 5. The number of nitrogens with one attached hydrogen (secondary N) is 2. The summed E-state index contributed by atoms with van der Waals surface area (Å²) < 4.78 is 0. The molecule has 2 N–H and O–H groups in total. The minimum Gasteiger partial charge on any atom is -0.352 e. The average molecular weight is 240 g/mol. The Morgan fingerprint density at radius 2 is 1.76 bits per heavy atom. The van der Waals surface area contributed by atoms with E-state index >= 15 is 0 Å². The van der Waals surface area contributed by atoms with Crippen molar-refractivity contribution in [1.29, 1.82) is 0 Å². The van der Waals surface area contributed by atoms with Crippen LogP contribution in [0.25, 0.3) is 0 Å². The van der Waals surface area contributed by atoms with Gasteiger partial charge in [0.05, 0.1) is 6.54 Å². The number of carbonyl (C=O) groups excluding carboxylic acids is 2. The fourth-order valence-electron chi connectivity index (χ4n) is 2.28. The molecule has 0 spiro atoms. The highest BCUT2D eigenvalue weighted by molar-refractivity contribution is 5.84. The third-order valence-corrected chi connectivity index (χ3v) is 3.09. The zero-order valence-corrected chi connectivity index (χ0v) is 10.9. The van der Waals surface area contributed by atoms with E-state index in [9.17, 15) is 9.59 Å². The highest BCUT2D eigenvalue weighted by Crippen LogP contribution is 2.25. The van der Waals surface area contributed by atoms with E-state index in [-0.39, 0.29) is 24.4 Å². The van der Waals surface area contributed by atoms with E-state index in [4.69, 9.17) is 0 Å². The Bertz CT molecular complexity index is 258. The highest BCUT2D eigenvalue weighted by atomic mass is 16.2. The first-order chi connectivity index (χ1) is 8.08. The molecule has 0 saturated heterocycles. The van der Waals surface area contributed by atoms with Gasteiger partial charge in [-0.15, -0.1) is 0 Å². The summed E-state index contributed by atoms with van der Waals surface area (Å²) >= 11 is 0. The maximum absolute atomic E-state index is 11.6. The summed E-state index contributed by atoms with van der Waals surface area (Å²) in [5.74, 6) is 0.421. The van der Waals surface area contributed by atoms with Crippen LogP contribution in [0.15, 0.2) is 0 Å². The molecule has 0 aromatic heterocycles. The molecule has 4 heteroatoms. The molecule has 17 heavy (non-hydrogen) atoms. The molecule has 1 aliphatic carbocycles. The van der Waals surface area contributed by atoms with E-state index in [0.29, 0.717) is 12.3 Å². The first kappa shape index (κ1) is 14.0. The molecule has 2 amide bonds. The fourth-order valence-corrected chi connectivity index (χ4v) is 2.28. The van der Waals surface area contributed by atoms with E-state index in [1.54, 1.807) is 0 Å². The van der Waals surface area contributed by atoms with Gasteiger partial charge in [-0.1, -0.05) is 19.3 Å². The van der Waals surface area contributed by atoms with Crippen molar-refractivity contribution in [3.8, 4) is 0 Å². The summed E-state index contributed by atoms with van der Waals surface area (Å²) in [5.41, 5.74) is 0. The Labute approximate surface area is 104 Å². The van der Waals surface area contributed by atoms with Gasteiger partial charge in [-0.05, 0) is 32.6 Å². The lowest BCUT2D eigenvalue weighted by atomic mass is 9.87. The van der Waals surface area contributed by atoms with Gasteiger partial charge in [0, 0.05) is 12.5 Å². The molecule has 0 unspecified atom stereocenters. The van der Waals surface area contributed by atoms with Crippen molar-refractivity contribution in [2.75, 3.05) is 6.54 Å². The molecular formula is C13H24N2O2. The predicted octanol–water partition coefficient (Wildman–Crippen LogP) is 1.60. The molecule has 98 valence electrons. The quantitative estimate of drug-likeness (QED) is 0.767. The van der Waals surface area contributed by atoms with Crippen LogP contribution in [0.2, 0.25) is 0 Å². The van der Waals surface area contributed by atoms with E-state index in [2.05, 4.69) is 10.6 Å². The normalized spacial score (nSPS) is 16.9. The molecule has 0 aromatic rings. The van der Waals surface area contributed by atoms with Crippen LogP contribution in [0.1, 0.15) is 52.4 Å². The molecule has 4 nitrogen and oxygen atoms in total. The van der Waals surface area contributed by atoms with Gasteiger partial charge in [-0.3, -0.25) is 9.59 Å². The second kappa shape index (κ2) is 7.30. The summed E-state index contributed by atoms with van der Waals surface area (Å²) in [6, 6.07) is 0.123. The third-order valence-electron chi connectivity index (χ3n) is 3.09. The zero-order valence-electron chi connectivity index (χ0n) is 10.9. The first-order valence-electron chi connectivity index (χ1n) is 6.64. The Morgan fingerprint density at radius 1 is 1.12 bits per heavy atom. The van der Waals surface area contributed by atoms with Gasteiger partial charge in [0.25, 0.3) is 0 Å². The summed E-state index contributed by atoms with van der Waals surface area (Å²) in [6.45, 7) is 3.91. The maximum Gasteiger partial charge on any atom is 0.239 e. The van der Waals surface area contributed by atoms with E-state index in [1.807, 2.05) is 13.8 Å². The molecule has 1 aliphatic rings. The Balaban J connectivity index is 2.14. The number of amides is 2. The Kier molecular flexibility index (Phi) is 6.01. The van der Waals surface area contributed by atoms with Crippen LogP contribution in [0.3, 0.4) is 0 Å². The molecule has 0 radical (unpaired) electrons. The first-order valence-corrected chi connectivity index (χ1v) is 6.64. The van der Waals surface area contributed by atoms with Gasteiger partial charge in [0.2, 0.25) is 11.8 Å². The molecular weight excluding hydrogens is 216 g/mol. The molecule has 1 rings (SSSR count). The topological polar surface area (TPSA) is 58.2 Å². The molecule has 0 aliphatic heterocycles. The average Bonchev–Trinajstić information content (AvgIpc) is 2.27. The predicted molar refractivity (Wildman–Crippen MR) is 67.5 cm³/mol. The maximum atomic E-state index is 11.6. The van der Waals surface area contributed by atoms with Crippen LogP contribution in [-0.2, 0) is 9.59 Å². The summed E-state index contributed by atoms with van der Waals surface area (Å²) in [7, 11) is 0. The van der Waals surface area contributed by atoms with E-state index < -0.39 is 0 Å². The standard InChI is InChI=1S/C13H24N2O2/c1-10(2)15-13(17)9-14-12(16)8-11-6-4-3-5-7-11/h10-11H,3-9H2,1-2H3,(H,14,16)(H,15,17). The van der Waals surface area contributed by atoms with Gasteiger partial charge < -0.3 is 10.6 Å². The van der Waals surface area contributed by atoms with Crippen LogP contribution >= 0.6 is 0 Å². The Hall–Kier alpha value is -1.06. The van der Waals surface area contributed by atoms with Crippen molar-refractivity contribution >= 4 is 11.8 Å². The zero-order chi connectivity index (χ0) is 12.7. The summed E-state index contributed by atoms with van der Waals surface area (Å²) in [6.07, 6.45) is 6.68. The minimum absolute atomic E-state index is 0.0100. The summed E-state index contributed by atoms with van der Waals surface area (Å²) in [5, 5.41) is 5.43. The van der Waals surface area contributed by atoms with Gasteiger partial charge in [0.15, 0.2) is 0 Å². The molecule has 0 bridgehead atoms. The van der Waals surface area contributed by atoms with Gasteiger partial charge >= 0.3 is 0 Å². The lowest BCUT2D eigenvalue weighted by Gasteiger charge is -2.20. The lowest BCUT2D eigenvalue weighted by Crippen LogP contribution is -2.40. The van der Waals surface area contributed by atoms with Crippen molar-refractivity contribution in [2.45, 2.75) is 58.4 Å². The second-order valence-electron chi connectivity index (χ2n) is 5.21. The summed E-state index contributed by atoms with van der Waals surface area (Å²) in [4.78, 5) is 22.9. The third kappa shape index (κ3) is 6.29. The molecule has 1 fully saturated rings.